The van der Waals surface area contributed by atoms with E-state index < -0.39 is 6.10 Å². The van der Waals surface area contributed by atoms with Gasteiger partial charge in [0.05, 0.1) is 6.10 Å². The molecule has 0 aliphatic carbocycles. The summed E-state index contributed by atoms with van der Waals surface area (Å²) < 4.78 is 0.758. The fraction of sp³-hybridized carbons (Fsp3) is 0.364. The standard InChI is InChI=1S/C11H15BrN2O2/c1-2-10(15)6-14-11(16)7-3-8(12)5-9(13)4-7/h3-5,10,15H,2,6,13H2,1H3,(H,14,16). The number of hydrogen-bond donors (Lipinski definition) is 3. The highest BCUT2D eigenvalue weighted by Gasteiger charge is 2.08. The maximum absolute atomic E-state index is 11.7. The zero-order chi connectivity index (χ0) is 12.1. The largest absolute Gasteiger partial charge is 0.399 e. The van der Waals surface area contributed by atoms with Crippen LogP contribution in [-0.2, 0) is 0 Å². The van der Waals surface area contributed by atoms with Crippen molar-refractivity contribution in [3.63, 3.8) is 0 Å². The van der Waals surface area contributed by atoms with Gasteiger partial charge < -0.3 is 16.2 Å². The fourth-order valence-electron chi connectivity index (χ4n) is 1.20. The number of amides is 1. The van der Waals surface area contributed by atoms with Gasteiger partial charge in [-0.15, -0.1) is 0 Å². The van der Waals surface area contributed by atoms with Crippen LogP contribution in [0.2, 0.25) is 0 Å². The third kappa shape index (κ3) is 3.83. The topological polar surface area (TPSA) is 75.3 Å². The van der Waals surface area contributed by atoms with Gasteiger partial charge in [-0.2, -0.15) is 0 Å². The Kier molecular flexibility index (Phi) is 4.76. The molecule has 0 aliphatic rings. The summed E-state index contributed by atoms with van der Waals surface area (Å²) in [6.45, 7) is 2.11. The Morgan fingerprint density at radius 2 is 2.25 bits per heavy atom. The molecule has 1 atom stereocenters. The molecule has 0 saturated carbocycles. The molecule has 0 aliphatic heterocycles. The molecular weight excluding hydrogens is 272 g/mol. The van der Waals surface area contributed by atoms with Gasteiger partial charge in [0.1, 0.15) is 0 Å². The Morgan fingerprint density at radius 1 is 1.56 bits per heavy atom. The third-order valence-corrected chi connectivity index (χ3v) is 2.61. The lowest BCUT2D eigenvalue weighted by Gasteiger charge is -2.10. The Balaban J connectivity index is 2.66. The maximum atomic E-state index is 11.7. The minimum absolute atomic E-state index is 0.236. The normalized spacial score (nSPS) is 12.2. The first kappa shape index (κ1) is 13.0. The summed E-state index contributed by atoms with van der Waals surface area (Å²) in [5.41, 5.74) is 6.63. The first-order chi connectivity index (χ1) is 7.52. The Labute approximate surface area is 103 Å². The highest BCUT2D eigenvalue weighted by atomic mass is 79.9. The minimum Gasteiger partial charge on any atom is -0.399 e. The minimum atomic E-state index is -0.506. The van der Waals surface area contributed by atoms with E-state index in [0.29, 0.717) is 17.7 Å². The zero-order valence-electron chi connectivity index (χ0n) is 9.03. The lowest BCUT2D eigenvalue weighted by atomic mass is 10.2. The van der Waals surface area contributed by atoms with Crippen LogP contribution < -0.4 is 11.1 Å². The average molecular weight is 287 g/mol. The predicted molar refractivity (Wildman–Crippen MR) is 67.2 cm³/mol. The summed E-state index contributed by atoms with van der Waals surface area (Å²) in [5, 5.41) is 12.0. The number of nitrogen functional groups attached to an aromatic ring is 1. The molecule has 0 heterocycles. The first-order valence-electron chi connectivity index (χ1n) is 5.05. The molecule has 4 N–H and O–H groups in total. The number of rotatable bonds is 4. The SMILES string of the molecule is CCC(O)CNC(=O)c1cc(N)cc(Br)c1. The smallest absolute Gasteiger partial charge is 0.251 e. The molecule has 0 spiro atoms. The van der Waals surface area contributed by atoms with Gasteiger partial charge in [-0.25, -0.2) is 0 Å². The number of aliphatic hydroxyl groups is 1. The van der Waals surface area contributed by atoms with E-state index in [0.717, 1.165) is 4.47 Å². The van der Waals surface area contributed by atoms with Crippen molar-refractivity contribution in [2.75, 3.05) is 12.3 Å². The molecule has 1 aromatic carbocycles. The quantitative estimate of drug-likeness (QED) is 0.735. The molecule has 5 heteroatoms. The van der Waals surface area contributed by atoms with Crippen molar-refractivity contribution in [1.29, 1.82) is 0 Å². The van der Waals surface area contributed by atoms with Crippen molar-refractivity contribution < 1.29 is 9.90 Å². The van der Waals surface area contributed by atoms with Gasteiger partial charge in [-0.3, -0.25) is 4.79 Å². The molecule has 0 fully saturated rings. The molecule has 1 rings (SSSR count). The molecule has 4 nitrogen and oxygen atoms in total. The number of aliphatic hydroxyl groups excluding tert-OH is 1. The van der Waals surface area contributed by atoms with E-state index in [-0.39, 0.29) is 12.5 Å². The number of hydrogen-bond acceptors (Lipinski definition) is 3. The van der Waals surface area contributed by atoms with Gasteiger partial charge in [-0.05, 0) is 24.6 Å². The zero-order valence-corrected chi connectivity index (χ0v) is 10.6. The molecule has 88 valence electrons. The van der Waals surface area contributed by atoms with Crippen molar-refractivity contribution in [3.8, 4) is 0 Å². The number of carbonyl (C=O) groups is 1. The number of carbonyl (C=O) groups excluding carboxylic acids is 1. The van der Waals surface area contributed by atoms with E-state index in [1.54, 1.807) is 18.2 Å². The number of anilines is 1. The lowest BCUT2D eigenvalue weighted by molar-refractivity contribution is 0.0914. The average Bonchev–Trinajstić information content (AvgIpc) is 2.23. The second-order valence-electron chi connectivity index (χ2n) is 3.55. The van der Waals surface area contributed by atoms with Crippen molar-refractivity contribution in [2.24, 2.45) is 0 Å². The van der Waals surface area contributed by atoms with E-state index in [2.05, 4.69) is 21.2 Å². The summed E-state index contributed by atoms with van der Waals surface area (Å²) in [4.78, 5) is 11.7. The van der Waals surface area contributed by atoms with E-state index in [4.69, 9.17) is 5.73 Å². The number of nitrogens with one attached hydrogen (secondary N) is 1. The summed E-state index contributed by atoms with van der Waals surface area (Å²) in [6, 6.07) is 5.00. The molecule has 1 unspecified atom stereocenters. The van der Waals surface area contributed by atoms with Crippen molar-refractivity contribution in [2.45, 2.75) is 19.4 Å². The van der Waals surface area contributed by atoms with E-state index in [1.807, 2.05) is 6.92 Å². The van der Waals surface area contributed by atoms with Crippen LogP contribution in [-0.4, -0.2) is 23.7 Å². The molecule has 0 radical (unpaired) electrons. The Hall–Kier alpha value is -1.07. The molecule has 16 heavy (non-hydrogen) atoms. The van der Waals surface area contributed by atoms with Crippen molar-refractivity contribution in [1.82, 2.24) is 5.32 Å². The van der Waals surface area contributed by atoms with Crippen LogP contribution in [0, 0.1) is 0 Å². The van der Waals surface area contributed by atoms with Crippen LogP contribution in [0.15, 0.2) is 22.7 Å². The van der Waals surface area contributed by atoms with Crippen LogP contribution in [0.25, 0.3) is 0 Å². The van der Waals surface area contributed by atoms with Crippen LogP contribution in [0.5, 0.6) is 0 Å². The third-order valence-electron chi connectivity index (χ3n) is 2.15. The van der Waals surface area contributed by atoms with Gasteiger partial charge in [0, 0.05) is 22.3 Å². The van der Waals surface area contributed by atoms with Gasteiger partial charge >= 0.3 is 0 Å². The Morgan fingerprint density at radius 3 is 2.81 bits per heavy atom. The summed E-state index contributed by atoms with van der Waals surface area (Å²) >= 11 is 3.27. The lowest BCUT2D eigenvalue weighted by Crippen LogP contribution is -2.31. The van der Waals surface area contributed by atoms with Gasteiger partial charge in [0.25, 0.3) is 5.91 Å². The molecule has 1 aromatic rings. The number of benzene rings is 1. The molecule has 0 aromatic heterocycles. The molecule has 0 saturated heterocycles. The van der Waals surface area contributed by atoms with Crippen LogP contribution >= 0.6 is 15.9 Å². The van der Waals surface area contributed by atoms with Crippen LogP contribution in [0.4, 0.5) is 5.69 Å². The predicted octanol–water partition coefficient (Wildman–Crippen LogP) is 1.53. The van der Waals surface area contributed by atoms with Crippen LogP contribution in [0.3, 0.4) is 0 Å². The Bertz CT molecular complexity index is 362. The molecular formula is C11H15BrN2O2. The van der Waals surface area contributed by atoms with Gasteiger partial charge in [0.2, 0.25) is 0 Å². The molecule has 1 amide bonds. The summed E-state index contributed by atoms with van der Waals surface area (Å²) in [6.07, 6.45) is 0.106. The number of nitrogens with two attached hydrogens (primary N) is 1. The maximum Gasteiger partial charge on any atom is 0.251 e. The molecule has 0 bridgehead atoms. The first-order valence-corrected chi connectivity index (χ1v) is 5.84. The summed E-state index contributed by atoms with van der Waals surface area (Å²) in [5.74, 6) is -0.236. The monoisotopic (exact) mass is 286 g/mol. The van der Waals surface area contributed by atoms with Gasteiger partial charge in [-0.1, -0.05) is 22.9 Å². The van der Waals surface area contributed by atoms with Crippen molar-refractivity contribution in [3.05, 3.63) is 28.2 Å². The highest BCUT2D eigenvalue weighted by Crippen LogP contribution is 2.17. The fourth-order valence-corrected chi connectivity index (χ4v) is 1.71. The van der Waals surface area contributed by atoms with E-state index >= 15 is 0 Å². The van der Waals surface area contributed by atoms with E-state index in [1.165, 1.54) is 0 Å². The summed E-state index contributed by atoms with van der Waals surface area (Å²) in [7, 11) is 0. The second kappa shape index (κ2) is 5.86. The van der Waals surface area contributed by atoms with Crippen LogP contribution in [0.1, 0.15) is 23.7 Å². The highest BCUT2D eigenvalue weighted by molar-refractivity contribution is 9.10. The second-order valence-corrected chi connectivity index (χ2v) is 4.46. The van der Waals surface area contributed by atoms with E-state index in [9.17, 15) is 9.90 Å². The van der Waals surface area contributed by atoms with Crippen molar-refractivity contribution >= 4 is 27.5 Å². The van der Waals surface area contributed by atoms with Gasteiger partial charge in [0.15, 0.2) is 0 Å². The number of halogens is 1.